The van der Waals surface area contributed by atoms with Gasteiger partial charge >= 0.3 is 0 Å². The molecule has 0 spiro atoms. The van der Waals surface area contributed by atoms with Crippen molar-refractivity contribution in [3.8, 4) is 5.75 Å². The van der Waals surface area contributed by atoms with Crippen molar-refractivity contribution in [2.75, 3.05) is 20.2 Å². The van der Waals surface area contributed by atoms with Crippen LogP contribution in [0.2, 0.25) is 0 Å². The molecular weight excluding hydrogens is 415 g/mol. The molecule has 0 aliphatic carbocycles. The van der Waals surface area contributed by atoms with Crippen molar-refractivity contribution in [2.45, 2.75) is 54.0 Å². The van der Waals surface area contributed by atoms with Gasteiger partial charge in [-0.15, -0.1) is 24.0 Å². The third-order valence-corrected chi connectivity index (χ3v) is 3.73. The van der Waals surface area contributed by atoms with Gasteiger partial charge in [0.1, 0.15) is 5.75 Å². The van der Waals surface area contributed by atoms with Gasteiger partial charge in [0, 0.05) is 30.4 Å². The summed E-state index contributed by atoms with van der Waals surface area (Å²) in [6.07, 6.45) is 4.22. The van der Waals surface area contributed by atoms with E-state index in [1.807, 2.05) is 20.0 Å². The molecule has 138 valence electrons. The van der Waals surface area contributed by atoms with E-state index < -0.39 is 0 Å². The molecule has 0 amide bonds. The van der Waals surface area contributed by atoms with E-state index in [0.717, 1.165) is 54.0 Å². The lowest BCUT2D eigenvalue weighted by molar-refractivity contribution is 0.407. The molecule has 1 rings (SSSR count). The predicted molar refractivity (Wildman–Crippen MR) is 113 cm³/mol. The third kappa shape index (κ3) is 7.68. The van der Waals surface area contributed by atoms with E-state index in [1.165, 1.54) is 6.42 Å². The third-order valence-electron chi connectivity index (χ3n) is 3.73. The number of pyridine rings is 1. The van der Waals surface area contributed by atoms with Gasteiger partial charge in [0.05, 0.1) is 19.3 Å². The second-order valence-corrected chi connectivity index (χ2v) is 6.20. The highest BCUT2D eigenvalue weighted by molar-refractivity contribution is 14.0. The van der Waals surface area contributed by atoms with Gasteiger partial charge in [-0.1, -0.05) is 13.8 Å². The summed E-state index contributed by atoms with van der Waals surface area (Å²) < 4.78 is 5.45. The van der Waals surface area contributed by atoms with Crippen LogP contribution in [0.1, 0.15) is 50.4 Å². The van der Waals surface area contributed by atoms with E-state index in [1.54, 1.807) is 7.11 Å². The lowest BCUT2D eigenvalue weighted by Crippen LogP contribution is -2.37. The van der Waals surface area contributed by atoms with E-state index in [0.29, 0.717) is 6.54 Å². The van der Waals surface area contributed by atoms with E-state index in [2.05, 4.69) is 41.4 Å². The second kappa shape index (κ2) is 12.3. The van der Waals surface area contributed by atoms with Crippen LogP contribution in [0, 0.1) is 19.8 Å². The molecule has 0 aromatic carbocycles. The quantitative estimate of drug-likeness (QED) is 0.275. The first kappa shape index (κ1) is 22.9. The SMILES string of the molecule is CCNC(=NCc1ncc(C)c(OC)c1C)NCCCC(C)C.I. The normalized spacial score (nSPS) is 11.2. The molecule has 0 bridgehead atoms. The van der Waals surface area contributed by atoms with E-state index in [-0.39, 0.29) is 24.0 Å². The first-order valence-corrected chi connectivity index (χ1v) is 8.50. The fourth-order valence-corrected chi connectivity index (χ4v) is 2.44. The summed E-state index contributed by atoms with van der Waals surface area (Å²) in [5.74, 6) is 2.49. The number of nitrogens with zero attached hydrogens (tertiary/aromatic N) is 2. The molecule has 0 atom stereocenters. The van der Waals surface area contributed by atoms with Crippen LogP contribution < -0.4 is 15.4 Å². The van der Waals surface area contributed by atoms with E-state index in [4.69, 9.17) is 4.74 Å². The van der Waals surface area contributed by atoms with Crippen molar-refractivity contribution in [3.63, 3.8) is 0 Å². The number of aryl methyl sites for hydroxylation is 1. The molecule has 0 fully saturated rings. The Kier molecular flexibility index (Phi) is 11.8. The summed E-state index contributed by atoms with van der Waals surface area (Å²) in [6.45, 7) is 12.9. The fourth-order valence-electron chi connectivity index (χ4n) is 2.44. The second-order valence-electron chi connectivity index (χ2n) is 6.20. The number of aliphatic imine (C=N–C) groups is 1. The standard InChI is InChI=1S/C18H32N4O.HI/c1-7-19-18(20-10-8-9-13(2)3)22-12-16-15(5)17(23-6)14(4)11-21-16;/h11,13H,7-10,12H2,1-6H3,(H2,19,20,22);1H. The number of nitrogens with one attached hydrogen (secondary N) is 2. The number of halogens is 1. The van der Waals surface area contributed by atoms with Crippen LogP contribution in [-0.4, -0.2) is 31.1 Å². The van der Waals surface area contributed by atoms with Crippen molar-refractivity contribution >= 4 is 29.9 Å². The fraction of sp³-hybridized carbons (Fsp3) is 0.667. The van der Waals surface area contributed by atoms with Crippen LogP contribution in [0.5, 0.6) is 5.75 Å². The average Bonchev–Trinajstić information content (AvgIpc) is 2.50. The summed E-state index contributed by atoms with van der Waals surface area (Å²) >= 11 is 0. The van der Waals surface area contributed by atoms with Crippen molar-refractivity contribution < 1.29 is 4.74 Å². The molecule has 0 saturated carbocycles. The van der Waals surface area contributed by atoms with E-state index >= 15 is 0 Å². The smallest absolute Gasteiger partial charge is 0.191 e. The van der Waals surface area contributed by atoms with Gasteiger partial charge in [0.25, 0.3) is 0 Å². The van der Waals surface area contributed by atoms with Crippen LogP contribution in [0.15, 0.2) is 11.2 Å². The zero-order valence-electron chi connectivity index (χ0n) is 15.9. The number of hydrogen-bond donors (Lipinski definition) is 2. The molecule has 2 N–H and O–H groups in total. The highest BCUT2D eigenvalue weighted by Gasteiger charge is 2.09. The largest absolute Gasteiger partial charge is 0.496 e. The van der Waals surface area contributed by atoms with Gasteiger partial charge in [-0.2, -0.15) is 0 Å². The molecule has 6 heteroatoms. The van der Waals surface area contributed by atoms with Crippen LogP contribution >= 0.6 is 24.0 Å². The summed E-state index contributed by atoms with van der Waals surface area (Å²) in [7, 11) is 1.70. The maximum Gasteiger partial charge on any atom is 0.191 e. The monoisotopic (exact) mass is 448 g/mol. The Hall–Kier alpha value is -1.05. The maximum absolute atomic E-state index is 5.45. The Labute approximate surface area is 164 Å². The summed E-state index contributed by atoms with van der Waals surface area (Å²) in [6, 6.07) is 0. The lowest BCUT2D eigenvalue weighted by atomic mass is 10.1. The Balaban J connectivity index is 0.00000529. The van der Waals surface area contributed by atoms with Gasteiger partial charge in [0.15, 0.2) is 5.96 Å². The molecule has 5 nitrogen and oxygen atoms in total. The number of ether oxygens (including phenoxy) is 1. The van der Waals surface area contributed by atoms with Gasteiger partial charge in [-0.05, 0) is 39.5 Å². The summed E-state index contributed by atoms with van der Waals surface area (Å²) in [5.41, 5.74) is 3.06. The van der Waals surface area contributed by atoms with Gasteiger partial charge < -0.3 is 15.4 Å². The molecule has 24 heavy (non-hydrogen) atoms. The molecule has 1 heterocycles. The lowest BCUT2D eigenvalue weighted by Gasteiger charge is -2.13. The molecule has 0 aliphatic heterocycles. The molecule has 0 radical (unpaired) electrons. The number of aromatic nitrogens is 1. The maximum atomic E-state index is 5.45. The number of rotatable bonds is 8. The van der Waals surface area contributed by atoms with E-state index in [9.17, 15) is 0 Å². The first-order chi connectivity index (χ1) is 11.0. The van der Waals surface area contributed by atoms with Crippen molar-refractivity contribution in [2.24, 2.45) is 10.9 Å². The topological polar surface area (TPSA) is 58.5 Å². The van der Waals surface area contributed by atoms with Crippen LogP contribution in [0.4, 0.5) is 0 Å². The van der Waals surface area contributed by atoms with Crippen LogP contribution in [-0.2, 0) is 6.54 Å². The van der Waals surface area contributed by atoms with Crippen molar-refractivity contribution in [1.29, 1.82) is 0 Å². The average molecular weight is 448 g/mol. The Bertz CT molecular complexity index is 518. The highest BCUT2D eigenvalue weighted by atomic mass is 127. The van der Waals surface area contributed by atoms with Crippen LogP contribution in [0.3, 0.4) is 0 Å². The minimum Gasteiger partial charge on any atom is -0.496 e. The molecule has 0 unspecified atom stereocenters. The Morgan fingerprint density at radius 1 is 1.29 bits per heavy atom. The minimum absolute atomic E-state index is 0. The van der Waals surface area contributed by atoms with Gasteiger partial charge in [0.2, 0.25) is 0 Å². The summed E-state index contributed by atoms with van der Waals surface area (Å²) in [5, 5.41) is 6.67. The zero-order valence-corrected chi connectivity index (χ0v) is 18.2. The van der Waals surface area contributed by atoms with Gasteiger partial charge in [-0.3, -0.25) is 4.98 Å². The zero-order chi connectivity index (χ0) is 17.2. The number of methoxy groups -OCH3 is 1. The Morgan fingerprint density at radius 2 is 2.00 bits per heavy atom. The first-order valence-electron chi connectivity index (χ1n) is 8.50. The van der Waals surface area contributed by atoms with Gasteiger partial charge in [-0.25, -0.2) is 4.99 Å². The van der Waals surface area contributed by atoms with Crippen LogP contribution in [0.25, 0.3) is 0 Å². The molecule has 0 aliphatic rings. The molecule has 1 aromatic heterocycles. The number of hydrogen-bond acceptors (Lipinski definition) is 3. The minimum atomic E-state index is 0. The number of guanidine groups is 1. The Morgan fingerprint density at radius 3 is 2.58 bits per heavy atom. The van der Waals surface area contributed by atoms with Crippen molar-refractivity contribution in [1.82, 2.24) is 15.6 Å². The molecule has 1 aromatic rings. The predicted octanol–water partition coefficient (Wildman–Crippen LogP) is 3.82. The van der Waals surface area contributed by atoms with Crippen molar-refractivity contribution in [3.05, 3.63) is 23.0 Å². The molecule has 0 saturated heterocycles. The summed E-state index contributed by atoms with van der Waals surface area (Å²) in [4.78, 5) is 9.14. The highest BCUT2D eigenvalue weighted by Crippen LogP contribution is 2.24. The molecular formula is C18H33IN4O.